The van der Waals surface area contributed by atoms with Gasteiger partial charge in [0.2, 0.25) is 0 Å². The molecule has 1 N–H and O–H groups in total. The quantitative estimate of drug-likeness (QED) is 0.833. The van der Waals surface area contributed by atoms with Crippen LogP contribution in [0.15, 0.2) is 28.6 Å². The van der Waals surface area contributed by atoms with Gasteiger partial charge in [-0.05, 0) is 31.3 Å². The number of aryl methyl sites for hydroxylation is 2. The van der Waals surface area contributed by atoms with E-state index in [2.05, 4.69) is 27.3 Å². The molecule has 96 valence electrons. The lowest BCUT2D eigenvalue weighted by Crippen LogP contribution is -2.12. The summed E-state index contributed by atoms with van der Waals surface area (Å²) in [7, 11) is 1.95. The molecular weight excluding hydrogens is 246 g/mol. The number of nitrogens with one attached hydrogen (secondary N) is 1. The van der Waals surface area contributed by atoms with Crippen LogP contribution in [-0.4, -0.2) is 26.3 Å². The van der Waals surface area contributed by atoms with Gasteiger partial charge in [0.1, 0.15) is 5.03 Å². The highest BCUT2D eigenvalue weighted by atomic mass is 32.2. The van der Waals surface area contributed by atoms with Gasteiger partial charge in [0.05, 0.1) is 5.69 Å². The standard InChI is InChI=1S/C12H17N5S/c1-4-13-8-10-9(2)16-17(3)11(10)18-12-14-6-5-7-15-12/h5-7,13H,4,8H2,1-3H3. The van der Waals surface area contributed by atoms with Crippen molar-refractivity contribution >= 4 is 11.8 Å². The minimum Gasteiger partial charge on any atom is -0.313 e. The molecule has 0 aromatic carbocycles. The molecule has 0 radical (unpaired) electrons. The van der Waals surface area contributed by atoms with Crippen molar-refractivity contribution in [3.05, 3.63) is 29.7 Å². The van der Waals surface area contributed by atoms with Crippen molar-refractivity contribution in [1.82, 2.24) is 25.1 Å². The molecule has 5 nitrogen and oxygen atoms in total. The third-order valence-corrected chi connectivity index (χ3v) is 3.67. The van der Waals surface area contributed by atoms with Crippen LogP contribution in [0.3, 0.4) is 0 Å². The molecular formula is C12H17N5S. The Morgan fingerprint density at radius 3 is 2.72 bits per heavy atom. The van der Waals surface area contributed by atoms with Gasteiger partial charge in [-0.15, -0.1) is 0 Å². The zero-order valence-corrected chi connectivity index (χ0v) is 11.7. The third-order valence-electron chi connectivity index (χ3n) is 2.57. The average molecular weight is 263 g/mol. The predicted molar refractivity (Wildman–Crippen MR) is 71.5 cm³/mol. The van der Waals surface area contributed by atoms with Crippen LogP contribution in [0.4, 0.5) is 0 Å². The zero-order valence-electron chi connectivity index (χ0n) is 10.8. The van der Waals surface area contributed by atoms with Gasteiger partial charge >= 0.3 is 0 Å². The van der Waals surface area contributed by atoms with Crippen molar-refractivity contribution in [2.24, 2.45) is 7.05 Å². The smallest absolute Gasteiger partial charge is 0.193 e. The van der Waals surface area contributed by atoms with Crippen molar-refractivity contribution in [2.45, 2.75) is 30.6 Å². The summed E-state index contributed by atoms with van der Waals surface area (Å²) < 4.78 is 1.89. The van der Waals surface area contributed by atoms with E-state index < -0.39 is 0 Å². The summed E-state index contributed by atoms with van der Waals surface area (Å²) >= 11 is 1.55. The Kier molecular flexibility index (Phi) is 4.33. The monoisotopic (exact) mass is 263 g/mol. The van der Waals surface area contributed by atoms with Gasteiger partial charge < -0.3 is 5.32 Å². The van der Waals surface area contributed by atoms with Crippen LogP contribution in [0.5, 0.6) is 0 Å². The van der Waals surface area contributed by atoms with Gasteiger partial charge in [-0.3, -0.25) is 4.68 Å². The molecule has 18 heavy (non-hydrogen) atoms. The second kappa shape index (κ2) is 5.97. The number of aromatic nitrogens is 4. The second-order valence-electron chi connectivity index (χ2n) is 3.91. The highest BCUT2D eigenvalue weighted by Gasteiger charge is 2.14. The predicted octanol–water partition coefficient (Wildman–Crippen LogP) is 1.78. The minimum atomic E-state index is 0.748. The Hall–Kier alpha value is -1.40. The van der Waals surface area contributed by atoms with Crippen molar-refractivity contribution in [1.29, 1.82) is 0 Å². The third kappa shape index (κ3) is 2.88. The molecule has 0 spiro atoms. The van der Waals surface area contributed by atoms with Gasteiger partial charge in [0.15, 0.2) is 5.16 Å². The first-order valence-electron chi connectivity index (χ1n) is 5.90. The van der Waals surface area contributed by atoms with Gasteiger partial charge in [-0.2, -0.15) is 5.10 Å². The van der Waals surface area contributed by atoms with Crippen LogP contribution >= 0.6 is 11.8 Å². The second-order valence-corrected chi connectivity index (χ2v) is 4.86. The summed E-state index contributed by atoms with van der Waals surface area (Å²) in [4.78, 5) is 8.47. The van der Waals surface area contributed by atoms with Crippen molar-refractivity contribution in [3.63, 3.8) is 0 Å². The zero-order chi connectivity index (χ0) is 13.0. The molecule has 0 bridgehead atoms. The van der Waals surface area contributed by atoms with Crippen LogP contribution in [0.2, 0.25) is 0 Å². The minimum absolute atomic E-state index is 0.748. The first-order valence-corrected chi connectivity index (χ1v) is 6.72. The Morgan fingerprint density at radius 2 is 2.06 bits per heavy atom. The first kappa shape index (κ1) is 13.0. The van der Waals surface area contributed by atoms with Crippen LogP contribution in [-0.2, 0) is 13.6 Å². The fourth-order valence-corrected chi connectivity index (χ4v) is 2.60. The number of hydrogen-bond donors (Lipinski definition) is 1. The lowest BCUT2D eigenvalue weighted by Gasteiger charge is -2.05. The van der Waals surface area contributed by atoms with E-state index >= 15 is 0 Å². The number of nitrogens with zero attached hydrogens (tertiary/aromatic N) is 4. The first-order chi connectivity index (χ1) is 8.72. The summed E-state index contributed by atoms with van der Waals surface area (Å²) in [5.74, 6) is 0. The maximum absolute atomic E-state index is 4.46. The van der Waals surface area contributed by atoms with E-state index in [0.29, 0.717) is 0 Å². The lowest BCUT2D eigenvalue weighted by atomic mass is 10.2. The summed E-state index contributed by atoms with van der Waals surface area (Å²) in [5.41, 5.74) is 2.27. The van der Waals surface area contributed by atoms with Crippen molar-refractivity contribution in [3.8, 4) is 0 Å². The Balaban J connectivity index is 2.26. The van der Waals surface area contributed by atoms with E-state index in [1.807, 2.05) is 24.7 Å². The fraction of sp³-hybridized carbons (Fsp3) is 0.417. The molecule has 0 aliphatic carbocycles. The Bertz CT molecular complexity index is 509. The molecule has 6 heteroatoms. The van der Waals surface area contributed by atoms with E-state index in [1.54, 1.807) is 24.2 Å². The maximum Gasteiger partial charge on any atom is 0.193 e. The number of rotatable bonds is 5. The highest BCUT2D eigenvalue weighted by molar-refractivity contribution is 7.99. The van der Waals surface area contributed by atoms with Crippen LogP contribution in [0.25, 0.3) is 0 Å². The van der Waals surface area contributed by atoms with Crippen LogP contribution in [0.1, 0.15) is 18.2 Å². The summed E-state index contributed by atoms with van der Waals surface area (Å²) in [6.07, 6.45) is 3.51. The summed E-state index contributed by atoms with van der Waals surface area (Å²) in [6, 6.07) is 1.82. The molecule has 2 rings (SSSR count). The number of hydrogen-bond acceptors (Lipinski definition) is 5. The Morgan fingerprint density at radius 1 is 1.33 bits per heavy atom. The normalized spacial score (nSPS) is 10.8. The Labute approximate surface area is 111 Å². The summed E-state index contributed by atoms with van der Waals surface area (Å²) in [5, 5.41) is 9.64. The lowest BCUT2D eigenvalue weighted by molar-refractivity contribution is 0.672. The maximum atomic E-state index is 4.46. The molecule has 0 unspecified atom stereocenters. The fourth-order valence-electron chi connectivity index (χ4n) is 1.69. The molecule has 2 heterocycles. The molecule has 0 aliphatic rings. The SMILES string of the molecule is CCNCc1c(C)nn(C)c1Sc1ncccn1. The van der Waals surface area contributed by atoms with Gasteiger partial charge in [-0.25, -0.2) is 9.97 Å². The van der Waals surface area contributed by atoms with E-state index in [-0.39, 0.29) is 0 Å². The summed E-state index contributed by atoms with van der Waals surface area (Å²) in [6.45, 7) is 5.90. The average Bonchev–Trinajstić information content (AvgIpc) is 2.63. The van der Waals surface area contributed by atoms with E-state index in [0.717, 1.165) is 29.0 Å². The van der Waals surface area contributed by atoms with Gasteiger partial charge in [0.25, 0.3) is 0 Å². The topological polar surface area (TPSA) is 55.6 Å². The van der Waals surface area contributed by atoms with E-state index in [1.165, 1.54) is 5.56 Å². The molecule has 0 amide bonds. The largest absolute Gasteiger partial charge is 0.313 e. The highest BCUT2D eigenvalue weighted by Crippen LogP contribution is 2.28. The van der Waals surface area contributed by atoms with Gasteiger partial charge in [-0.1, -0.05) is 6.92 Å². The molecule has 0 saturated heterocycles. The van der Waals surface area contributed by atoms with Crippen molar-refractivity contribution in [2.75, 3.05) is 6.54 Å². The van der Waals surface area contributed by atoms with Gasteiger partial charge in [0, 0.05) is 31.5 Å². The molecule has 0 fully saturated rings. The molecule has 0 aliphatic heterocycles. The molecule has 0 atom stereocenters. The molecule has 2 aromatic rings. The van der Waals surface area contributed by atoms with E-state index in [4.69, 9.17) is 0 Å². The van der Waals surface area contributed by atoms with Crippen molar-refractivity contribution < 1.29 is 0 Å². The van der Waals surface area contributed by atoms with Crippen LogP contribution in [0, 0.1) is 6.92 Å². The van der Waals surface area contributed by atoms with Crippen LogP contribution < -0.4 is 5.32 Å². The van der Waals surface area contributed by atoms with E-state index in [9.17, 15) is 0 Å². The molecule has 2 aromatic heterocycles. The molecule has 0 saturated carbocycles.